The molecule has 128 valence electrons. The third-order valence-corrected chi connectivity index (χ3v) is 4.96. The van der Waals surface area contributed by atoms with Crippen LogP contribution in [0.3, 0.4) is 0 Å². The van der Waals surface area contributed by atoms with E-state index in [-0.39, 0.29) is 12.3 Å². The monoisotopic (exact) mass is 356 g/mol. The van der Waals surface area contributed by atoms with Crippen molar-refractivity contribution in [2.75, 3.05) is 12.4 Å². The molecule has 1 aliphatic rings. The average molecular weight is 356 g/mol. The summed E-state index contributed by atoms with van der Waals surface area (Å²) in [5.41, 5.74) is 1.09. The second-order valence-electron chi connectivity index (χ2n) is 5.40. The molecule has 0 saturated heterocycles. The molecule has 2 aromatic rings. The largest absolute Gasteiger partial charge is 0.497 e. The summed E-state index contributed by atoms with van der Waals surface area (Å²) in [6, 6.07) is 13.8. The lowest BCUT2D eigenvalue weighted by atomic mass is 10.2. The van der Waals surface area contributed by atoms with Crippen LogP contribution in [0.25, 0.3) is 0 Å². The van der Waals surface area contributed by atoms with Crippen LogP contribution in [-0.2, 0) is 9.59 Å². The molecule has 0 aliphatic carbocycles. The first kappa shape index (κ1) is 17.0. The number of thioether (sulfide) groups is 1. The van der Waals surface area contributed by atoms with Crippen molar-refractivity contribution in [3.8, 4) is 5.75 Å². The molecular formula is C18H16N2O4S. The number of carbonyl (C=O) groups excluding carboxylic acids is 3. The molecule has 0 saturated carbocycles. The summed E-state index contributed by atoms with van der Waals surface area (Å²) in [5.74, 6) is -0.616. The van der Waals surface area contributed by atoms with Crippen LogP contribution in [0.2, 0.25) is 0 Å². The number of anilines is 1. The van der Waals surface area contributed by atoms with Crippen molar-refractivity contribution in [2.45, 2.75) is 16.6 Å². The second kappa shape index (κ2) is 7.40. The van der Waals surface area contributed by atoms with Crippen molar-refractivity contribution in [1.29, 1.82) is 0 Å². The van der Waals surface area contributed by atoms with E-state index in [1.54, 1.807) is 24.3 Å². The van der Waals surface area contributed by atoms with Gasteiger partial charge >= 0.3 is 0 Å². The zero-order valence-electron chi connectivity index (χ0n) is 13.4. The highest BCUT2D eigenvalue weighted by molar-refractivity contribution is 8.01. The van der Waals surface area contributed by atoms with E-state index in [9.17, 15) is 14.4 Å². The molecule has 3 amide bonds. The van der Waals surface area contributed by atoms with Gasteiger partial charge in [-0.15, -0.1) is 11.8 Å². The standard InChI is InChI=1S/C18H16N2O4S/c1-24-12-8-6-11(7-9-12)17(22)20-16(21)10-15-18(23)19-13-4-2-3-5-14(13)25-15/h2-9,15H,10H2,1H3,(H,19,23)(H,20,21,22)/t15-/m1/s1. The number of rotatable bonds is 4. The lowest BCUT2D eigenvalue weighted by Crippen LogP contribution is -2.37. The van der Waals surface area contributed by atoms with Crippen LogP contribution in [0.4, 0.5) is 5.69 Å². The molecule has 0 bridgehead atoms. The summed E-state index contributed by atoms with van der Waals surface area (Å²) in [7, 11) is 1.53. The Morgan fingerprint density at radius 1 is 1.16 bits per heavy atom. The fourth-order valence-corrected chi connectivity index (χ4v) is 3.50. The lowest BCUT2D eigenvalue weighted by molar-refractivity contribution is -0.123. The highest BCUT2D eigenvalue weighted by atomic mass is 32.2. The summed E-state index contributed by atoms with van der Waals surface area (Å²) in [4.78, 5) is 37.2. The Hall–Kier alpha value is -2.80. The van der Waals surface area contributed by atoms with E-state index < -0.39 is 17.1 Å². The molecule has 0 unspecified atom stereocenters. The van der Waals surface area contributed by atoms with Gasteiger partial charge in [0.2, 0.25) is 11.8 Å². The van der Waals surface area contributed by atoms with Gasteiger partial charge in [0, 0.05) is 16.9 Å². The molecule has 0 fully saturated rings. The van der Waals surface area contributed by atoms with E-state index >= 15 is 0 Å². The maximum Gasteiger partial charge on any atom is 0.257 e. The summed E-state index contributed by atoms with van der Waals surface area (Å²) in [6.07, 6.45) is -0.0767. The molecule has 1 heterocycles. The summed E-state index contributed by atoms with van der Waals surface area (Å²) in [5, 5.41) is 4.52. The zero-order chi connectivity index (χ0) is 17.8. The first-order chi connectivity index (χ1) is 12.1. The Morgan fingerprint density at radius 3 is 2.60 bits per heavy atom. The number of hydrogen-bond donors (Lipinski definition) is 2. The second-order valence-corrected chi connectivity index (χ2v) is 6.65. The number of imide groups is 1. The molecular weight excluding hydrogens is 340 g/mol. The minimum absolute atomic E-state index is 0.0767. The first-order valence-electron chi connectivity index (χ1n) is 7.61. The number of para-hydroxylation sites is 1. The van der Waals surface area contributed by atoms with Crippen molar-refractivity contribution in [3.63, 3.8) is 0 Å². The first-order valence-corrected chi connectivity index (χ1v) is 8.49. The van der Waals surface area contributed by atoms with Gasteiger partial charge in [-0.2, -0.15) is 0 Å². The summed E-state index contributed by atoms with van der Waals surface area (Å²) in [6.45, 7) is 0. The minimum atomic E-state index is -0.571. The van der Waals surface area contributed by atoms with E-state index in [0.29, 0.717) is 11.3 Å². The van der Waals surface area contributed by atoms with Crippen molar-refractivity contribution in [3.05, 3.63) is 54.1 Å². The predicted molar refractivity (Wildman–Crippen MR) is 94.8 cm³/mol. The highest BCUT2D eigenvalue weighted by Crippen LogP contribution is 2.36. The molecule has 0 radical (unpaired) electrons. The Labute approximate surface area is 148 Å². The van der Waals surface area contributed by atoms with Crippen LogP contribution in [0.1, 0.15) is 16.8 Å². The topological polar surface area (TPSA) is 84.5 Å². The van der Waals surface area contributed by atoms with Crippen molar-refractivity contribution in [2.24, 2.45) is 0 Å². The molecule has 0 spiro atoms. The smallest absolute Gasteiger partial charge is 0.257 e. The van der Waals surface area contributed by atoms with Gasteiger partial charge < -0.3 is 10.1 Å². The van der Waals surface area contributed by atoms with E-state index in [4.69, 9.17) is 4.74 Å². The van der Waals surface area contributed by atoms with Crippen LogP contribution >= 0.6 is 11.8 Å². The van der Waals surface area contributed by atoms with Gasteiger partial charge in [0.25, 0.3) is 5.91 Å². The van der Waals surface area contributed by atoms with Crippen LogP contribution in [-0.4, -0.2) is 30.1 Å². The molecule has 1 atom stereocenters. The van der Waals surface area contributed by atoms with Crippen molar-refractivity contribution < 1.29 is 19.1 Å². The number of ether oxygens (including phenoxy) is 1. The van der Waals surface area contributed by atoms with E-state index in [0.717, 1.165) is 10.6 Å². The Bertz CT molecular complexity index is 820. The van der Waals surface area contributed by atoms with Gasteiger partial charge in [-0.25, -0.2) is 0 Å². The number of fused-ring (bicyclic) bond motifs is 1. The summed E-state index contributed by atoms with van der Waals surface area (Å²) >= 11 is 1.32. The normalized spacial score (nSPS) is 15.7. The zero-order valence-corrected chi connectivity index (χ0v) is 14.3. The van der Waals surface area contributed by atoms with Gasteiger partial charge in [-0.3, -0.25) is 19.7 Å². The fraction of sp³-hybridized carbons (Fsp3) is 0.167. The van der Waals surface area contributed by atoms with Crippen LogP contribution in [0.5, 0.6) is 5.75 Å². The van der Waals surface area contributed by atoms with Crippen LogP contribution in [0, 0.1) is 0 Å². The quantitative estimate of drug-likeness (QED) is 0.879. The summed E-state index contributed by atoms with van der Waals surface area (Å²) < 4.78 is 5.03. The Morgan fingerprint density at radius 2 is 1.88 bits per heavy atom. The van der Waals surface area contributed by atoms with Crippen LogP contribution < -0.4 is 15.4 Å². The SMILES string of the molecule is COc1ccc(C(=O)NC(=O)C[C@H]2Sc3ccccc3NC2=O)cc1. The third-order valence-electron chi connectivity index (χ3n) is 3.68. The molecule has 3 rings (SSSR count). The van der Waals surface area contributed by atoms with Gasteiger partial charge in [-0.1, -0.05) is 12.1 Å². The number of amides is 3. The molecule has 1 aliphatic heterocycles. The van der Waals surface area contributed by atoms with Gasteiger partial charge in [0.15, 0.2) is 0 Å². The fourth-order valence-electron chi connectivity index (χ4n) is 2.39. The molecule has 2 aromatic carbocycles. The molecule has 6 nitrogen and oxygen atoms in total. The lowest BCUT2D eigenvalue weighted by Gasteiger charge is -2.23. The Kier molecular flexibility index (Phi) is 5.04. The van der Waals surface area contributed by atoms with Crippen molar-refractivity contribution in [1.82, 2.24) is 5.32 Å². The van der Waals surface area contributed by atoms with Crippen molar-refractivity contribution >= 4 is 35.2 Å². The number of methoxy groups -OCH3 is 1. The van der Waals surface area contributed by atoms with Crippen LogP contribution in [0.15, 0.2) is 53.4 Å². The average Bonchev–Trinajstić information content (AvgIpc) is 2.62. The van der Waals surface area contributed by atoms with E-state index in [1.165, 1.54) is 18.9 Å². The van der Waals surface area contributed by atoms with Gasteiger partial charge in [-0.05, 0) is 36.4 Å². The van der Waals surface area contributed by atoms with Gasteiger partial charge in [0.05, 0.1) is 18.0 Å². The van der Waals surface area contributed by atoms with E-state index in [1.807, 2.05) is 24.3 Å². The maximum atomic E-state index is 12.1. The number of benzene rings is 2. The Balaban J connectivity index is 1.60. The molecule has 0 aromatic heterocycles. The molecule has 7 heteroatoms. The predicted octanol–water partition coefficient (Wildman–Crippen LogP) is 2.45. The number of carbonyl (C=O) groups is 3. The molecule has 25 heavy (non-hydrogen) atoms. The number of hydrogen-bond acceptors (Lipinski definition) is 5. The minimum Gasteiger partial charge on any atom is -0.497 e. The maximum absolute atomic E-state index is 12.1. The van der Waals surface area contributed by atoms with Gasteiger partial charge in [0.1, 0.15) is 5.75 Å². The van der Waals surface area contributed by atoms with E-state index in [2.05, 4.69) is 10.6 Å². The third kappa shape index (κ3) is 4.00. The molecule has 2 N–H and O–H groups in total. The highest BCUT2D eigenvalue weighted by Gasteiger charge is 2.29. The number of nitrogens with one attached hydrogen (secondary N) is 2.